The molecule has 0 aromatic rings. The normalized spacial score (nSPS) is 16.9. The van der Waals surface area contributed by atoms with Gasteiger partial charge < -0.3 is 0 Å². The quantitative estimate of drug-likeness (QED) is 0.284. The second kappa shape index (κ2) is 11.8. The molecule has 0 unspecified atom stereocenters. The van der Waals surface area contributed by atoms with Gasteiger partial charge in [0.2, 0.25) is 0 Å². The predicted octanol–water partition coefficient (Wildman–Crippen LogP) is 6.65. The van der Waals surface area contributed by atoms with Crippen LogP contribution in [0.5, 0.6) is 0 Å². The minimum absolute atomic E-state index is 1.08. The second-order valence-corrected chi connectivity index (χ2v) is 6.11. The Morgan fingerprint density at radius 1 is 0.778 bits per heavy atom. The van der Waals surface area contributed by atoms with Crippen LogP contribution in [0.3, 0.4) is 0 Å². The lowest BCUT2D eigenvalue weighted by Gasteiger charge is -2.06. The molecule has 0 atom stereocenters. The van der Waals surface area contributed by atoms with Gasteiger partial charge in [-0.05, 0) is 31.6 Å². The predicted molar refractivity (Wildman–Crippen MR) is 82.9 cm³/mol. The molecule has 0 N–H and O–H groups in total. The number of hydrogen-bond acceptors (Lipinski definition) is 0. The number of hydrogen-bond donors (Lipinski definition) is 0. The van der Waals surface area contributed by atoms with E-state index in [0.717, 1.165) is 5.92 Å². The van der Waals surface area contributed by atoms with Gasteiger partial charge in [0.1, 0.15) is 0 Å². The Morgan fingerprint density at radius 2 is 1.39 bits per heavy atom. The van der Waals surface area contributed by atoms with Gasteiger partial charge >= 0.3 is 0 Å². The number of rotatable bonds is 11. The molecule has 0 heteroatoms. The highest BCUT2D eigenvalue weighted by Gasteiger charge is 2.13. The van der Waals surface area contributed by atoms with Crippen LogP contribution < -0.4 is 0 Å². The van der Waals surface area contributed by atoms with Crippen molar-refractivity contribution in [3.05, 3.63) is 12.2 Å². The fourth-order valence-electron chi connectivity index (χ4n) is 3.10. The molecular formula is C18H34. The van der Waals surface area contributed by atoms with Gasteiger partial charge in [-0.3, -0.25) is 0 Å². The van der Waals surface area contributed by atoms with Gasteiger partial charge in [-0.25, -0.2) is 0 Å². The first-order chi connectivity index (χ1) is 8.93. The van der Waals surface area contributed by atoms with Gasteiger partial charge in [-0.15, -0.1) is 0 Å². The van der Waals surface area contributed by atoms with E-state index in [1.807, 2.05) is 0 Å². The minimum Gasteiger partial charge on any atom is -0.0885 e. The molecule has 106 valence electrons. The molecule has 0 radical (unpaired) electrons. The maximum Gasteiger partial charge on any atom is -0.0351 e. The van der Waals surface area contributed by atoms with E-state index in [1.165, 1.54) is 89.9 Å². The van der Waals surface area contributed by atoms with Crippen LogP contribution in [0.15, 0.2) is 12.2 Å². The molecule has 1 saturated carbocycles. The third-order valence-corrected chi connectivity index (χ3v) is 4.35. The van der Waals surface area contributed by atoms with Crippen molar-refractivity contribution in [3.8, 4) is 0 Å². The molecule has 0 bridgehead atoms. The summed E-state index contributed by atoms with van der Waals surface area (Å²) in [5.41, 5.74) is 0. The summed E-state index contributed by atoms with van der Waals surface area (Å²) in [7, 11) is 0. The van der Waals surface area contributed by atoms with Crippen LogP contribution in [-0.2, 0) is 0 Å². The molecule has 0 heterocycles. The summed E-state index contributed by atoms with van der Waals surface area (Å²) in [5.74, 6) is 1.08. The van der Waals surface area contributed by atoms with E-state index >= 15 is 0 Å². The van der Waals surface area contributed by atoms with E-state index in [0.29, 0.717) is 0 Å². The van der Waals surface area contributed by atoms with E-state index in [2.05, 4.69) is 19.1 Å². The van der Waals surface area contributed by atoms with Crippen molar-refractivity contribution in [2.75, 3.05) is 0 Å². The summed E-state index contributed by atoms with van der Waals surface area (Å²) in [4.78, 5) is 0. The molecule has 0 aromatic carbocycles. The summed E-state index contributed by atoms with van der Waals surface area (Å²) in [5, 5.41) is 0. The van der Waals surface area contributed by atoms with E-state index in [9.17, 15) is 0 Å². The van der Waals surface area contributed by atoms with Crippen molar-refractivity contribution in [1.82, 2.24) is 0 Å². The maximum absolute atomic E-state index is 2.43. The average molecular weight is 250 g/mol. The van der Waals surface area contributed by atoms with Crippen molar-refractivity contribution >= 4 is 0 Å². The molecule has 0 aliphatic heterocycles. The smallest absolute Gasteiger partial charge is 0.0351 e. The van der Waals surface area contributed by atoms with Crippen LogP contribution in [0.4, 0.5) is 0 Å². The molecular weight excluding hydrogens is 216 g/mol. The van der Waals surface area contributed by atoms with Gasteiger partial charge in [-0.1, -0.05) is 83.3 Å². The molecule has 0 aromatic heterocycles. The molecule has 0 nitrogen and oxygen atoms in total. The largest absolute Gasteiger partial charge is 0.0885 e. The zero-order valence-corrected chi connectivity index (χ0v) is 12.6. The van der Waals surface area contributed by atoms with Crippen molar-refractivity contribution < 1.29 is 0 Å². The Morgan fingerprint density at radius 3 is 2.11 bits per heavy atom. The standard InChI is InChI=1S/C18H34/c1-2-3-4-5-6-7-8-9-10-11-12-15-18-16-13-14-17-18/h9-10,18H,2-8,11-17H2,1H3/b10-9-. The zero-order valence-electron chi connectivity index (χ0n) is 12.6. The fourth-order valence-corrected chi connectivity index (χ4v) is 3.10. The van der Waals surface area contributed by atoms with Gasteiger partial charge in [0, 0.05) is 0 Å². The topological polar surface area (TPSA) is 0 Å². The molecule has 1 aliphatic carbocycles. The Labute approximate surface area is 115 Å². The van der Waals surface area contributed by atoms with E-state index in [4.69, 9.17) is 0 Å². The van der Waals surface area contributed by atoms with E-state index in [1.54, 1.807) is 0 Å². The SMILES string of the molecule is CCCCCCCC/C=C\CCCC1CCCC1. The molecule has 0 spiro atoms. The Balaban J connectivity index is 1.76. The van der Waals surface area contributed by atoms with Crippen LogP contribution in [0.1, 0.15) is 96.8 Å². The van der Waals surface area contributed by atoms with Crippen molar-refractivity contribution in [2.45, 2.75) is 96.8 Å². The van der Waals surface area contributed by atoms with Crippen LogP contribution in [0.2, 0.25) is 0 Å². The first-order valence-corrected chi connectivity index (χ1v) is 8.58. The van der Waals surface area contributed by atoms with Crippen LogP contribution in [-0.4, -0.2) is 0 Å². The summed E-state index contributed by atoms with van der Waals surface area (Å²) >= 11 is 0. The Kier molecular flexibility index (Phi) is 10.4. The Bertz CT molecular complexity index is 186. The lowest BCUT2D eigenvalue weighted by molar-refractivity contribution is 0.486. The molecule has 1 aliphatic rings. The van der Waals surface area contributed by atoms with Gasteiger partial charge in [0.25, 0.3) is 0 Å². The van der Waals surface area contributed by atoms with E-state index in [-0.39, 0.29) is 0 Å². The molecule has 1 rings (SSSR count). The highest BCUT2D eigenvalue weighted by Crippen LogP contribution is 2.28. The van der Waals surface area contributed by atoms with Crippen LogP contribution in [0.25, 0.3) is 0 Å². The third kappa shape index (κ3) is 8.78. The maximum atomic E-state index is 2.43. The summed E-state index contributed by atoms with van der Waals surface area (Å²) in [6.45, 7) is 2.29. The third-order valence-electron chi connectivity index (χ3n) is 4.35. The number of allylic oxidation sites excluding steroid dienone is 2. The first kappa shape index (κ1) is 15.8. The fraction of sp³-hybridized carbons (Fsp3) is 0.889. The van der Waals surface area contributed by atoms with Gasteiger partial charge in [0.05, 0.1) is 0 Å². The summed E-state index contributed by atoms with van der Waals surface area (Å²) in [6, 6.07) is 0. The molecule has 1 fully saturated rings. The lowest BCUT2D eigenvalue weighted by atomic mass is 10.0. The summed E-state index contributed by atoms with van der Waals surface area (Å²) in [6.07, 6.45) is 25.0. The zero-order chi connectivity index (χ0) is 12.9. The summed E-state index contributed by atoms with van der Waals surface area (Å²) < 4.78 is 0. The molecule has 18 heavy (non-hydrogen) atoms. The van der Waals surface area contributed by atoms with Gasteiger partial charge in [-0.2, -0.15) is 0 Å². The van der Waals surface area contributed by atoms with Gasteiger partial charge in [0.15, 0.2) is 0 Å². The van der Waals surface area contributed by atoms with E-state index < -0.39 is 0 Å². The van der Waals surface area contributed by atoms with Crippen molar-refractivity contribution in [1.29, 1.82) is 0 Å². The number of unbranched alkanes of at least 4 members (excludes halogenated alkanes) is 7. The average Bonchev–Trinajstić information content (AvgIpc) is 2.89. The van der Waals surface area contributed by atoms with Crippen molar-refractivity contribution in [3.63, 3.8) is 0 Å². The van der Waals surface area contributed by atoms with Crippen LogP contribution in [0, 0.1) is 5.92 Å². The monoisotopic (exact) mass is 250 g/mol. The minimum atomic E-state index is 1.08. The van der Waals surface area contributed by atoms with Crippen LogP contribution >= 0.6 is 0 Å². The highest BCUT2D eigenvalue weighted by atomic mass is 14.2. The Hall–Kier alpha value is -0.260. The molecule has 0 amide bonds. The lowest BCUT2D eigenvalue weighted by Crippen LogP contribution is -1.91. The second-order valence-electron chi connectivity index (χ2n) is 6.11. The molecule has 0 saturated heterocycles. The first-order valence-electron chi connectivity index (χ1n) is 8.58. The van der Waals surface area contributed by atoms with Crippen molar-refractivity contribution in [2.24, 2.45) is 5.92 Å². The highest BCUT2D eigenvalue weighted by molar-refractivity contribution is 4.82.